The first-order valence-electron chi connectivity index (χ1n) is 6.51. The number of aliphatic hydroxyl groups is 1. The lowest BCUT2D eigenvalue weighted by Gasteiger charge is -2.46. The number of nitrogens with one attached hydrogen (secondary N) is 1. The summed E-state index contributed by atoms with van der Waals surface area (Å²) in [6.07, 6.45) is -1.19. The first-order chi connectivity index (χ1) is 10.3. The van der Waals surface area contributed by atoms with Crippen molar-refractivity contribution in [1.29, 1.82) is 0 Å². The zero-order valence-corrected chi connectivity index (χ0v) is 11.5. The summed E-state index contributed by atoms with van der Waals surface area (Å²) in [5.74, 6) is -4.32. The number of carboxylic acid groups (broad SMARTS) is 1. The van der Waals surface area contributed by atoms with Crippen LogP contribution in [0.25, 0.3) is 0 Å². The minimum atomic E-state index is -2.87. The predicted octanol–water partition coefficient (Wildman–Crippen LogP) is 1.04. The quantitative estimate of drug-likeness (QED) is 0.729. The maximum Gasteiger partial charge on any atom is 0.341 e. The van der Waals surface area contributed by atoms with Crippen molar-refractivity contribution in [3.8, 4) is 5.75 Å². The number of hydrogen-bond donors (Lipinski definition) is 3. The zero-order valence-electron chi connectivity index (χ0n) is 11.5. The zero-order chi connectivity index (χ0) is 16.4. The molecule has 1 aliphatic carbocycles. The third-order valence-electron chi connectivity index (χ3n) is 3.35. The van der Waals surface area contributed by atoms with Crippen LogP contribution in [0.2, 0.25) is 0 Å². The first-order valence-corrected chi connectivity index (χ1v) is 6.51. The van der Waals surface area contributed by atoms with E-state index in [1.165, 1.54) is 24.3 Å². The van der Waals surface area contributed by atoms with Crippen molar-refractivity contribution < 1.29 is 33.3 Å². The molecule has 0 aromatic heterocycles. The van der Waals surface area contributed by atoms with Gasteiger partial charge in [0.05, 0.1) is 12.1 Å². The molecular formula is C14H15F2NO5. The van der Waals surface area contributed by atoms with Gasteiger partial charge < -0.3 is 20.3 Å². The van der Waals surface area contributed by atoms with Crippen LogP contribution in [0.15, 0.2) is 24.3 Å². The fourth-order valence-corrected chi connectivity index (χ4v) is 2.34. The van der Waals surface area contributed by atoms with Crippen LogP contribution in [0.5, 0.6) is 5.75 Å². The smallest absolute Gasteiger partial charge is 0.341 e. The molecule has 1 amide bonds. The van der Waals surface area contributed by atoms with Crippen LogP contribution in [-0.2, 0) is 4.79 Å². The van der Waals surface area contributed by atoms with Crippen molar-refractivity contribution in [3.63, 3.8) is 0 Å². The molecule has 1 aliphatic rings. The number of carbonyl (C=O) groups excluding carboxylic acids is 1. The lowest BCUT2D eigenvalue weighted by Crippen LogP contribution is -2.64. The van der Waals surface area contributed by atoms with Crippen LogP contribution in [-0.4, -0.2) is 46.8 Å². The van der Waals surface area contributed by atoms with Crippen molar-refractivity contribution in [2.24, 2.45) is 0 Å². The maximum atomic E-state index is 12.9. The number of amides is 1. The Morgan fingerprint density at radius 1 is 1.23 bits per heavy atom. The average molecular weight is 315 g/mol. The number of carboxylic acids is 1. The number of rotatable bonds is 6. The van der Waals surface area contributed by atoms with Crippen molar-refractivity contribution in [1.82, 2.24) is 5.32 Å². The first kappa shape index (κ1) is 16.2. The van der Waals surface area contributed by atoms with Crippen molar-refractivity contribution >= 4 is 11.9 Å². The van der Waals surface area contributed by atoms with E-state index >= 15 is 0 Å². The molecule has 0 saturated heterocycles. The molecule has 1 saturated carbocycles. The molecule has 3 N–H and O–H groups in total. The number of aliphatic hydroxyl groups excluding tert-OH is 1. The Hall–Kier alpha value is -2.22. The van der Waals surface area contributed by atoms with E-state index in [2.05, 4.69) is 5.32 Å². The molecule has 8 heteroatoms. The van der Waals surface area contributed by atoms with Gasteiger partial charge in [0, 0.05) is 18.4 Å². The fraction of sp³-hybridized carbons (Fsp3) is 0.429. The minimum Gasteiger partial charge on any atom is -0.482 e. The van der Waals surface area contributed by atoms with Gasteiger partial charge >= 0.3 is 5.97 Å². The van der Waals surface area contributed by atoms with Gasteiger partial charge in [-0.05, 0) is 24.3 Å². The van der Waals surface area contributed by atoms with E-state index in [0.717, 1.165) is 0 Å². The molecule has 6 nitrogen and oxygen atoms in total. The van der Waals surface area contributed by atoms with Crippen LogP contribution in [0.4, 0.5) is 8.78 Å². The monoisotopic (exact) mass is 315 g/mol. The molecule has 2 rings (SSSR count). The highest BCUT2D eigenvalue weighted by molar-refractivity contribution is 5.95. The molecule has 120 valence electrons. The van der Waals surface area contributed by atoms with Crippen LogP contribution in [0.3, 0.4) is 0 Å². The Bertz CT molecular complexity index is 565. The third kappa shape index (κ3) is 3.70. The van der Waals surface area contributed by atoms with E-state index in [-0.39, 0.29) is 11.3 Å². The van der Waals surface area contributed by atoms with Crippen LogP contribution >= 0.6 is 0 Å². The maximum absolute atomic E-state index is 12.9. The van der Waals surface area contributed by atoms with Gasteiger partial charge in [0.2, 0.25) is 0 Å². The van der Waals surface area contributed by atoms with Gasteiger partial charge in [0.15, 0.2) is 6.61 Å². The molecule has 0 bridgehead atoms. The summed E-state index contributed by atoms with van der Waals surface area (Å²) in [7, 11) is 0. The van der Waals surface area contributed by atoms with Crippen LogP contribution in [0, 0.1) is 0 Å². The van der Waals surface area contributed by atoms with Crippen molar-refractivity contribution in [2.75, 3.05) is 13.2 Å². The normalized spacial score (nSPS) is 18.1. The summed E-state index contributed by atoms with van der Waals surface area (Å²) in [5.41, 5.74) is -1.09. The van der Waals surface area contributed by atoms with Crippen LogP contribution in [0.1, 0.15) is 23.2 Å². The van der Waals surface area contributed by atoms with E-state index in [9.17, 15) is 23.5 Å². The number of carbonyl (C=O) groups is 2. The van der Waals surface area contributed by atoms with E-state index in [0.29, 0.717) is 0 Å². The fourth-order valence-electron chi connectivity index (χ4n) is 2.34. The molecular weight excluding hydrogens is 300 g/mol. The highest BCUT2D eigenvalue weighted by Gasteiger charge is 2.57. The highest BCUT2D eigenvalue weighted by Crippen LogP contribution is 2.45. The number of aliphatic carboxylic acids is 1. The molecule has 0 atom stereocenters. The molecule has 0 spiro atoms. The number of ether oxygens (including phenoxy) is 1. The minimum absolute atomic E-state index is 0.200. The molecule has 0 heterocycles. The molecule has 0 aliphatic heterocycles. The number of benzene rings is 1. The summed E-state index contributed by atoms with van der Waals surface area (Å²) in [5, 5.41) is 20.1. The van der Waals surface area contributed by atoms with E-state index in [1.807, 2.05) is 0 Å². The second-order valence-corrected chi connectivity index (χ2v) is 5.31. The van der Waals surface area contributed by atoms with E-state index in [1.54, 1.807) is 0 Å². The third-order valence-corrected chi connectivity index (χ3v) is 3.35. The largest absolute Gasteiger partial charge is 0.482 e. The average Bonchev–Trinajstić information content (AvgIpc) is 2.43. The topological polar surface area (TPSA) is 95.9 Å². The Morgan fingerprint density at radius 2 is 1.82 bits per heavy atom. The Labute approximate surface area is 124 Å². The standard InChI is InChI=1S/C14H15F2NO5/c15-14(16)6-13(7-14,8-18)17-12(21)9-1-3-10(4-2-9)22-5-11(19)20/h1-4,18H,5-8H2,(H,17,21)(H,19,20). The van der Waals surface area contributed by atoms with Gasteiger partial charge in [-0.2, -0.15) is 0 Å². The number of hydrogen-bond acceptors (Lipinski definition) is 4. The Kier molecular flexibility index (Phi) is 4.32. The van der Waals surface area contributed by atoms with Crippen LogP contribution < -0.4 is 10.1 Å². The molecule has 0 unspecified atom stereocenters. The highest BCUT2D eigenvalue weighted by atomic mass is 19.3. The summed E-state index contributed by atoms with van der Waals surface area (Å²) in [6, 6.07) is 5.57. The van der Waals surface area contributed by atoms with Gasteiger partial charge in [-0.1, -0.05) is 0 Å². The Morgan fingerprint density at radius 3 is 2.27 bits per heavy atom. The van der Waals surface area contributed by atoms with E-state index in [4.69, 9.17) is 9.84 Å². The SMILES string of the molecule is O=C(O)COc1ccc(C(=O)NC2(CO)CC(F)(F)C2)cc1. The molecule has 1 fully saturated rings. The molecule has 1 aromatic rings. The lowest BCUT2D eigenvalue weighted by atomic mass is 9.74. The summed E-state index contributed by atoms with van der Waals surface area (Å²) >= 11 is 0. The van der Waals surface area contributed by atoms with Crippen molar-refractivity contribution in [3.05, 3.63) is 29.8 Å². The second kappa shape index (κ2) is 5.88. The summed E-state index contributed by atoms with van der Waals surface area (Å²) in [6.45, 7) is -1.07. The number of halogens is 2. The van der Waals surface area contributed by atoms with Gasteiger partial charge in [0.25, 0.3) is 11.8 Å². The molecule has 0 radical (unpaired) electrons. The second-order valence-electron chi connectivity index (χ2n) is 5.31. The predicted molar refractivity (Wildman–Crippen MR) is 71.0 cm³/mol. The molecule has 22 heavy (non-hydrogen) atoms. The summed E-state index contributed by atoms with van der Waals surface area (Å²) < 4.78 is 30.8. The molecule has 1 aromatic carbocycles. The van der Waals surface area contributed by atoms with Gasteiger partial charge in [-0.25, -0.2) is 13.6 Å². The summed E-state index contributed by atoms with van der Waals surface area (Å²) in [4.78, 5) is 22.4. The van der Waals surface area contributed by atoms with E-state index < -0.39 is 49.4 Å². The van der Waals surface area contributed by atoms with Gasteiger partial charge in [-0.15, -0.1) is 0 Å². The van der Waals surface area contributed by atoms with Gasteiger partial charge in [0.1, 0.15) is 5.75 Å². The van der Waals surface area contributed by atoms with Gasteiger partial charge in [-0.3, -0.25) is 4.79 Å². The lowest BCUT2D eigenvalue weighted by molar-refractivity contribution is -0.143. The Balaban J connectivity index is 1.97. The number of alkyl halides is 2. The van der Waals surface area contributed by atoms with Crippen molar-refractivity contribution in [2.45, 2.75) is 24.3 Å².